The first-order valence-electron chi connectivity index (χ1n) is 9.08. The molecule has 4 amide bonds. The summed E-state index contributed by atoms with van der Waals surface area (Å²) >= 11 is 0. The van der Waals surface area contributed by atoms with Gasteiger partial charge in [-0.25, -0.2) is 9.59 Å². The van der Waals surface area contributed by atoms with Gasteiger partial charge in [0.05, 0.1) is 18.8 Å². The average Bonchev–Trinajstić information content (AvgIpc) is 3.13. The first-order chi connectivity index (χ1) is 13.7. The van der Waals surface area contributed by atoms with Crippen molar-refractivity contribution in [2.45, 2.75) is 6.92 Å². The molecule has 0 unspecified atom stereocenters. The first kappa shape index (κ1) is 19.1. The molecule has 0 saturated carbocycles. The van der Waals surface area contributed by atoms with E-state index in [0.717, 1.165) is 11.3 Å². The SMILES string of the molecule is CCOc1ccccc1NC(=O)NCC#Cc1ccc(N2CCNC2=O)cc1. The Kier molecular flexibility index (Phi) is 6.37. The highest BCUT2D eigenvalue weighted by molar-refractivity contribution is 5.94. The highest BCUT2D eigenvalue weighted by Crippen LogP contribution is 2.23. The lowest BCUT2D eigenvalue weighted by atomic mass is 10.2. The van der Waals surface area contributed by atoms with Crippen LogP contribution < -0.4 is 25.6 Å². The summed E-state index contributed by atoms with van der Waals surface area (Å²) in [5, 5.41) is 8.21. The molecule has 7 nitrogen and oxygen atoms in total. The fraction of sp³-hybridized carbons (Fsp3) is 0.238. The molecule has 0 radical (unpaired) electrons. The maximum absolute atomic E-state index is 12.0. The molecule has 1 aliphatic heterocycles. The maximum atomic E-state index is 12.0. The summed E-state index contributed by atoms with van der Waals surface area (Å²) in [5.74, 6) is 6.52. The zero-order valence-electron chi connectivity index (χ0n) is 15.6. The molecule has 1 fully saturated rings. The predicted molar refractivity (Wildman–Crippen MR) is 109 cm³/mol. The molecular weight excluding hydrogens is 356 g/mol. The van der Waals surface area contributed by atoms with Gasteiger partial charge in [0.2, 0.25) is 0 Å². The number of hydrogen-bond acceptors (Lipinski definition) is 3. The largest absolute Gasteiger partial charge is 0.492 e. The predicted octanol–water partition coefficient (Wildman–Crippen LogP) is 2.79. The Morgan fingerprint density at radius 1 is 1.21 bits per heavy atom. The third-order valence-corrected chi connectivity index (χ3v) is 4.04. The van der Waals surface area contributed by atoms with E-state index in [1.165, 1.54) is 0 Å². The summed E-state index contributed by atoms with van der Waals surface area (Å²) in [4.78, 5) is 25.4. The van der Waals surface area contributed by atoms with E-state index in [1.807, 2.05) is 43.3 Å². The van der Waals surface area contributed by atoms with Crippen LogP contribution in [0.1, 0.15) is 12.5 Å². The number of nitrogens with zero attached hydrogens (tertiary/aromatic N) is 1. The van der Waals surface area contributed by atoms with Crippen molar-refractivity contribution >= 4 is 23.4 Å². The highest BCUT2D eigenvalue weighted by Gasteiger charge is 2.20. The molecule has 2 aromatic carbocycles. The lowest BCUT2D eigenvalue weighted by Gasteiger charge is -2.13. The topological polar surface area (TPSA) is 82.7 Å². The Morgan fingerprint density at radius 3 is 2.71 bits per heavy atom. The van der Waals surface area contributed by atoms with Gasteiger partial charge in [-0.15, -0.1) is 0 Å². The van der Waals surface area contributed by atoms with Gasteiger partial charge >= 0.3 is 12.1 Å². The van der Waals surface area contributed by atoms with E-state index in [-0.39, 0.29) is 18.6 Å². The van der Waals surface area contributed by atoms with Crippen LogP contribution in [0, 0.1) is 11.8 Å². The number of hydrogen-bond donors (Lipinski definition) is 3. The number of rotatable bonds is 5. The van der Waals surface area contributed by atoms with Crippen LogP contribution in [0.15, 0.2) is 48.5 Å². The van der Waals surface area contributed by atoms with E-state index in [0.29, 0.717) is 31.1 Å². The molecular formula is C21H22N4O3. The number of nitrogens with one attached hydrogen (secondary N) is 3. The summed E-state index contributed by atoms with van der Waals surface area (Å²) in [6.45, 7) is 3.93. The standard InChI is InChI=1S/C21H22N4O3/c1-2-28-19-8-4-3-7-18(19)24-20(26)22-13-5-6-16-9-11-17(12-10-16)25-15-14-23-21(25)27/h3-4,7-12H,2,13-15H2,1H3,(H,23,27)(H2,22,24,26). The Hall–Kier alpha value is -3.66. The molecule has 0 atom stereocenters. The van der Waals surface area contributed by atoms with Gasteiger partial charge in [-0.05, 0) is 43.3 Å². The van der Waals surface area contributed by atoms with Crippen molar-refractivity contribution < 1.29 is 14.3 Å². The number of carbonyl (C=O) groups excluding carboxylic acids is 2. The number of carbonyl (C=O) groups is 2. The minimum absolute atomic E-state index is 0.0834. The number of urea groups is 2. The normalized spacial score (nSPS) is 12.6. The van der Waals surface area contributed by atoms with Gasteiger partial charge in [-0.1, -0.05) is 24.0 Å². The third-order valence-electron chi connectivity index (χ3n) is 4.04. The van der Waals surface area contributed by atoms with Gasteiger partial charge < -0.3 is 20.7 Å². The average molecular weight is 378 g/mol. The molecule has 2 aromatic rings. The molecule has 7 heteroatoms. The van der Waals surface area contributed by atoms with Crippen LogP contribution in [-0.2, 0) is 0 Å². The monoisotopic (exact) mass is 378 g/mol. The van der Waals surface area contributed by atoms with Crippen LogP contribution in [-0.4, -0.2) is 38.3 Å². The summed E-state index contributed by atoms with van der Waals surface area (Å²) in [5.41, 5.74) is 2.26. The zero-order chi connectivity index (χ0) is 19.8. The Balaban J connectivity index is 1.50. The van der Waals surface area contributed by atoms with E-state index in [9.17, 15) is 9.59 Å². The summed E-state index contributed by atoms with van der Waals surface area (Å²) in [7, 11) is 0. The fourth-order valence-electron chi connectivity index (χ4n) is 2.73. The van der Waals surface area contributed by atoms with Crippen molar-refractivity contribution in [1.29, 1.82) is 0 Å². The van der Waals surface area contributed by atoms with E-state index in [2.05, 4.69) is 27.8 Å². The van der Waals surface area contributed by atoms with Gasteiger partial charge in [0.25, 0.3) is 0 Å². The summed E-state index contributed by atoms with van der Waals surface area (Å²) in [6, 6.07) is 14.2. The molecule has 1 heterocycles. The first-order valence-corrected chi connectivity index (χ1v) is 9.08. The Labute approximate surface area is 164 Å². The molecule has 0 bridgehead atoms. The van der Waals surface area contributed by atoms with Crippen LogP contribution in [0.4, 0.5) is 21.0 Å². The van der Waals surface area contributed by atoms with Gasteiger partial charge in [0.15, 0.2) is 0 Å². The Bertz CT molecular complexity index is 900. The maximum Gasteiger partial charge on any atom is 0.321 e. The zero-order valence-corrected chi connectivity index (χ0v) is 15.6. The minimum Gasteiger partial charge on any atom is -0.492 e. The van der Waals surface area contributed by atoms with E-state index < -0.39 is 0 Å². The number of amides is 4. The van der Waals surface area contributed by atoms with Crippen molar-refractivity contribution in [3.8, 4) is 17.6 Å². The van der Waals surface area contributed by atoms with Gasteiger partial charge in [-0.3, -0.25) is 4.90 Å². The number of anilines is 2. The molecule has 0 aromatic heterocycles. The van der Waals surface area contributed by atoms with Crippen LogP contribution in [0.25, 0.3) is 0 Å². The van der Waals surface area contributed by atoms with Gasteiger partial charge in [0.1, 0.15) is 5.75 Å². The lowest BCUT2D eigenvalue weighted by Crippen LogP contribution is -2.29. The second-order valence-corrected chi connectivity index (χ2v) is 5.97. The van der Waals surface area contributed by atoms with Gasteiger partial charge in [-0.2, -0.15) is 0 Å². The second-order valence-electron chi connectivity index (χ2n) is 5.97. The number of para-hydroxylation sites is 2. The molecule has 0 aliphatic carbocycles. The third kappa shape index (κ3) is 4.95. The fourth-order valence-corrected chi connectivity index (χ4v) is 2.73. The molecule has 1 saturated heterocycles. The van der Waals surface area contributed by atoms with Crippen molar-refractivity contribution in [1.82, 2.24) is 10.6 Å². The van der Waals surface area contributed by atoms with Crippen molar-refractivity contribution in [3.05, 3.63) is 54.1 Å². The van der Waals surface area contributed by atoms with E-state index in [1.54, 1.807) is 17.0 Å². The smallest absolute Gasteiger partial charge is 0.321 e. The number of ether oxygens (including phenoxy) is 1. The van der Waals surface area contributed by atoms with E-state index in [4.69, 9.17) is 4.74 Å². The molecule has 0 spiro atoms. The molecule has 3 N–H and O–H groups in total. The van der Waals surface area contributed by atoms with Gasteiger partial charge in [0, 0.05) is 24.3 Å². The number of benzene rings is 2. The van der Waals surface area contributed by atoms with Crippen LogP contribution in [0.2, 0.25) is 0 Å². The molecule has 144 valence electrons. The van der Waals surface area contributed by atoms with Crippen LogP contribution >= 0.6 is 0 Å². The quantitative estimate of drug-likeness (QED) is 0.700. The Morgan fingerprint density at radius 2 is 2.00 bits per heavy atom. The highest BCUT2D eigenvalue weighted by atomic mass is 16.5. The molecule has 3 rings (SSSR count). The lowest BCUT2D eigenvalue weighted by molar-refractivity contribution is 0.251. The van der Waals surface area contributed by atoms with Crippen LogP contribution in [0.3, 0.4) is 0 Å². The second kappa shape index (κ2) is 9.33. The van der Waals surface area contributed by atoms with Crippen LogP contribution in [0.5, 0.6) is 5.75 Å². The molecule has 28 heavy (non-hydrogen) atoms. The van der Waals surface area contributed by atoms with Crippen molar-refractivity contribution in [2.24, 2.45) is 0 Å². The van der Waals surface area contributed by atoms with E-state index >= 15 is 0 Å². The van der Waals surface area contributed by atoms with Crippen molar-refractivity contribution in [2.75, 3.05) is 36.5 Å². The minimum atomic E-state index is -0.350. The molecule has 1 aliphatic rings. The summed E-state index contributed by atoms with van der Waals surface area (Å²) in [6.07, 6.45) is 0. The van der Waals surface area contributed by atoms with Crippen molar-refractivity contribution in [3.63, 3.8) is 0 Å². The summed E-state index contributed by atoms with van der Waals surface area (Å²) < 4.78 is 5.48.